The van der Waals surface area contributed by atoms with E-state index in [1.54, 1.807) is 24.4 Å². The van der Waals surface area contributed by atoms with E-state index in [9.17, 15) is 9.59 Å². The van der Waals surface area contributed by atoms with Crippen molar-refractivity contribution in [1.82, 2.24) is 14.8 Å². The van der Waals surface area contributed by atoms with Gasteiger partial charge in [0.15, 0.2) is 0 Å². The number of anilines is 1. The fraction of sp³-hybridized carbons (Fsp3) is 0.0909. The van der Waals surface area contributed by atoms with E-state index < -0.39 is 5.97 Å². The molecular formula is C11H10N4O3. The molecule has 0 aromatic carbocycles. The number of carbonyl (C=O) groups excluding carboxylic acids is 1. The lowest BCUT2D eigenvalue weighted by Crippen LogP contribution is -2.12. The first-order valence-electron chi connectivity index (χ1n) is 5.12. The zero-order valence-electron chi connectivity index (χ0n) is 9.28. The Morgan fingerprint density at radius 1 is 1.39 bits per heavy atom. The molecule has 0 saturated heterocycles. The van der Waals surface area contributed by atoms with Crippen LogP contribution in [0.3, 0.4) is 0 Å². The van der Waals surface area contributed by atoms with Gasteiger partial charge in [-0.3, -0.25) is 14.3 Å². The third-order valence-corrected chi connectivity index (χ3v) is 2.10. The summed E-state index contributed by atoms with van der Waals surface area (Å²) in [5.41, 5.74) is 0.280. The third-order valence-electron chi connectivity index (χ3n) is 2.10. The average molecular weight is 246 g/mol. The predicted octanol–water partition coefficient (Wildman–Crippen LogP) is 0.615. The Morgan fingerprint density at radius 3 is 2.89 bits per heavy atom. The molecule has 2 aromatic rings. The molecule has 0 aliphatic carbocycles. The van der Waals surface area contributed by atoms with Gasteiger partial charge in [-0.25, -0.2) is 4.98 Å². The highest BCUT2D eigenvalue weighted by molar-refractivity contribution is 6.03. The summed E-state index contributed by atoms with van der Waals surface area (Å²) in [7, 11) is 0. The van der Waals surface area contributed by atoms with Gasteiger partial charge >= 0.3 is 5.97 Å². The summed E-state index contributed by atoms with van der Waals surface area (Å²) in [5.74, 6) is -0.978. The fourth-order valence-electron chi connectivity index (χ4n) is 1.33. The number of carbonyl (C=O) groups is 2. The topological polar surface area (TPSA) is 97.1 Å². The molecule has 0 spiro atoms. The summed E-state index contributed by atoms with van der Waals surface area (Å²) < 4.78 is 1.18. The lowest BCUT2D eigenvalue weighted by molar-refractivity contribution is -0.137. The van der Waals surface area contributed by atoms with Crippen molar-refractivity contribution in [3.8, 4) is 0 Å². The van der Waals surface area contributed by atoms with Crippen LogP contribution in [0.4, 0.5) is 5.82 Å². The number of carboxylic acids is 1. The first kappa shape index (κ1) is 11.8. The average Bonchev–Trinajstić information content (AvgIpc) is 2.78. The van der Waals surface area contributed by atoms with Crippen LogP contribution in [0.1, 0.15) is 10.4 Å². The highest BCUT2D eigenvalue weighted by Crippen LogP contribution is 2.04. The van der Waals surface area contributed by atoms with E-state index in [-0.39, 0.29) is 18.0 Å². The number of amides is 1. The third kappa shape index (κ3) is 2.91. The number of nitrogens with one attached hydrogen (secondary N) is 1. The van der Waals surface area contributed by atoms with Crippen molar-refractivity contribution in [2.24, 2.45) is 0 Å². The van der Waals surface area contributed by atoms with Crippen LogP contribution < -0.4 is 5.32 Å². The Bertz CT molecular complexity index is 565. The second-order valence-electron chi connectivity index (χ2n) is 3.49. The van der Waals surface area contributed by atoms with Gasteiger partial charge in [-0.15, -0.1) is 0 Å². The lowest BCUT2D eigenvalue weighted by Gasteiger charge is -2.00. The minimum absolute atomic E-state index is 0.280. The molecule has 2 rings (SSSR count). The van der Waals surface area contributed by atoms with Crippen molar-refractivity contribution in [2.45, 2.75) is 6.54 Å². The monoisotopic (exact) mass is 246 g/mol. The van der Waals surface area contributed by atoms with Crippen molar-refractivity contribution in [3.63, 3.8) is 0 Å². The van der Waals surface area contributed by atoms with Gasteiger partial charge in [0.2, 0.25) is 0 Å². The van der Waals surface area contributed by atoms with Gasteiger partial charge in [-0.1, -0.05) is 6.07 Å². The van der Waals surface area contributed by atoms with Crippen molar-refractivity contribution in [3.05, 3.63) is 42.4 Å². The van der Waals surface area contributed by atoms with E-state index >= 15 is 0 Å². The van der Waals surface area contributed by atoms with Gasteiger partial charge < -0.3 is 10.4 Å². The smallest absolute Gasteiger partial charge is 0.325 e. The molecular weight excluding hydrogens is 236 g/mol. The molecule has 0 aliphatic heterocycles. The van der Waals surface area contributed by atoms with E-state index in [0.29, 0.717) is 5.82 Å². The Morgan fingerprint density at radius 2 is 2.22 bits per heavy atom. The molecule has 0 fully saturated rings. The number of hydrogen-bond donors (Lipinski definition) is 2. The summed E-state index contributed by atoms with van der Waals surface area (Å²) in [6, 6.07) is 5.14. The molecule has 7 nitrogen and oxygen atoms in total. The van der Waals surface area contributed by atoms with Gasteiger partial charge in [0.25, 0.3) is 5.91 Å². The maximum atomic E-state index is 11.8. The van der Waals surface area contributed by atoms with Crippen LogP contribution >= 0.6 is 0 Å². The minimum atomic E-state index is -1.02. The summed E-state index contributed by atoms with van der Waals surface area (Å²) in [4.78, 5) is 26.2. The summed E-state index contributed by atoms with van der Waals surface area (Å²) in [6.45, 7) is -0.281. The van der Waals surface area contributed by atoms with Crippen LogP contribution in [-0.4, -0.2) is 31.7 Å². The van der Waals surface area contributed by atoms with Gasteiger partial charge in [0, 0.05) is 12.4 Å². The molecule has 1 amide bonds. The number of pyridine rings is 1. The molecule has 18 heavy (non-hydrogen) atoms. The molecule has 0 radical (unpaired) electrons. The molecule has 0 unspecified atom stereocenters. The fourth-order valence-corrected chi connectivity index (χ4v) is 1.33. The largest absolute Gasteiger partial charge is 0.480 e. The summed E-state index contributed by atoms with van der Waals surface area (Å²) in [5, 5.41) is 14.9. The number of aliphatic carboxylic acids is 1. The highest BCUT2D eigenvalue weighted by Gasteiger charge is 2.10. The molecule has 2 N–H and O–H groups in total. The lowest BCUT2D eigenvalue weighted by atomic mass is 10.3. The minimum Gasteiger partial charge on any atom is -0.480 e. The standard InChI is InChI=1S/C11H10N4O3/c16-10(17)7-15-6-8(5-13-15)11(18)14-9-3-1-2-4-12-9/h1-6H,7H2,(H,16,17)(H,12,14,18). The van der Waals surface area contributed by atoms with Gasteiger partial charge in [-0.05, 0) is 12.1 Å². The molecule has 0 atom stereocenters. The van der Waals surface area contributed by atoms with Crippen LogP contribution in [0.5, 0.6) is 0 Å². The quantitative estimate of drug-likeness (QED) is 0.824. The molecule has 92 valence electrons. The number of carboxylic acid groups (broad SMARTS) is 1. The summed E-state index contributed by atoms with van der Waals surface area (Å²) in [6.07, 6.45) is 4.23. The molecule has 2 aromatic heterocycles. The number of aromatic nitrogens is 3. The predicted molar refractivity (Wildman–Crippen MR) is 62.1 cm³/mol. The van der Waals surface area contributed by atoms with Crippen molar-refractivity contribution in [1.29, 1.82) is 0 Å². The number of hydrogen-bond acceptors (Lipinski definition) is 4. The van der Waals surface area contributed by atoms with Gasteiger partial charge in [-0.2, -0.15) is 5.10 Å². The zero-order chi connectivity index (χ0) is 13.0. The van der Waals surface area contributed by atoms with Crippen LogP contribution in [0.2, 0.25) is 0 Å². The van der Waals surface area contributed by atoms with Gasteiger partial charge in [0.1, 0.15) is 12.4 Å². The highest BCUT2D eigenvalue weighted by atomic mass is 16.4. The van der Waals surface area contributed by atoms with Crippen molar-refractivity contribution >= 4 is 17.7 Å². The summed E-state index contributed by atoms with van der Waals surface area (Å²) >= 11 is 0. The van der Waals surface area contributed by atoms with Crippen molar-refractivity contribution in [2.75, 3.05) is 5.32 Å². The number of nitrogens with zero attached hydrogens (tertiary/aromatic N) is 3. The van der Waals surface area contributed by atoms with Gasteiger partial charge in [0.05, 0.1) is 11.8 Å². The normalized spacial score (nSPS) is 10.0. The second-order valence-corrected chi connectivity index (χ2v) is 3.49. The van der Waals surface area contributed by atoms with Crippen molar-refractivity contribution < 1.29 is 14.7 Å². The molecule has 0 saturated carbocycles. The van der Waals surface area contributed by atoms with E-state index in [0.717, 1.165) is 0 Å². The number of rotatable bonds is 4. The second kappa shape index (κ2) is 5.09. The zero-order valence-corrected chi connectivity index (χ0v) is 9.28. The van der Waals surface area contributed by atoms with Crippen LogP contribution in [0.25, 0.3) is 0 Å². The van der Waals surface area contributed by atoms with Crippen LogP contribution in [0.15, 0.2) is 36.8 Å². The first-order chi connectivity index (χ1) is 8.65. The molecule has 7 heteroatoms. The van der Waals surface area contributed by atoms with Crippen LogP contribution in [0, 0.1) is 0 Å². The maximum Gasteiger partial charge on any atom is 0.325 e. The molecule has 0 aliphatic rings. The molecule has 0 bridgehead atoms. The molecule has 2 heterocycles. The SMILES string of the molecule is O=C(O)Cn1cc(C(=O)Nc2ccccn2)cn1. The first-order valence-corrected chi connectivity index (χ1v) is 5.12. The van der Waals surface area contributed by atoms with E-state index in [1.165, 1.54) is 17.1 Å². The van der Waals surface area contributed by atoms with Crippen LogP contribution in [-0.2, 0) is 11.3 Å². The maximum absolute atomic E-state index is 11.8. The van der Waals surface area contributed by atoms with E-state index in [4.69, 9.17) is 5.11 Å². The Hall–Kier alpha value is -2.70. The Kier molecular flexibility index (Phi) is 3.33. The Labute approximate surface area is 102 Å². The van der Waals surface area contributed by atoms with E-state index in [2.05, 4.69) is 15.4 Å². The Balaban J connectivity index is 2.05. The van der Waals surface area contributed by atoms with E-state index in [1.807, 2.05) is 0 Å².